The summed E-state index contributed by atoms with van der Waals surface area (Å²) in [5, 5.41) is 0. The molecule has 0 spiro atoms. The Bertz CT molecular complexity index is 280. The lowest BCUT2D eigenvalue weighted by Gasteiger charge is -2.27. The Kier molecular flexibility index (Phi) is 11.8. The maximum absolute atomic E-state index is 12.6. The van der Waals surface area contributed by atoms with Gasteiger partial charge >= 0.3 is 0 Å². The first-order valence-electron chi connectivity index (χ1n) is 7.32. The first-order valence-corrected chi connectivity index (χ1v) is 8.48. The quantitative estimate of drug-likeness (QED) is 0.558. The highest BCUT2D eigenvalue weighted by molar-refractivity contribution is 7.99. The van der Waals surface area contributed by atoms with Crippen molar-refractivity contribution in [1.29, 1.82) is 0 Å². The van der Waals surface area contributed by atoms with Crippen molar-refractivity contribution in [3.63, 3.8) is 0 Å². The number of thioether (sulfide) groups is 1. The summed E-state index contributed by atoms with van der Waals surface area (Å²) in [5.74, 6) is 1.58. The van der Waals surface area contributed by atoms with Crippen LogP contribution in [-0.4, -0.2) is 54.3 Å². The molecule has 6 heteroatoms. The van der Waals surface area contributed by atoms with Crippen LogP contribution in [0.3, 0.4) is 0 Å². The highest BCUT2D eigenvalue weighted by Gasteiger charge is 2.24. The standard InChI is InChI=1S/C14H29N3O2S/c1-3-20-11-13(10-12(2)18)14(19)17(8-4-6-15)9-5-7-16/h13H,3-11,15-16H2,1-2H3/t13-/m0/s1. The number of hydrogen-bond donors (Lipinski definition) is 2. The van der Waals surface area contributed by atoms with Crippen LogP contribution in [0.5, 0.6) is 0 Å². The largest absolute Gasteiger partial charge is 0.342 e. The number of ketones is 1. The fourth-order valence-corrected chi connectivity index (χ4v) is 2.76. The number of amides is 1. The maximum Gasteiger partial charge on any atom is 0.226 e. The van der Waals surface area contributed by atoms with Gasteiger partial charge in [0.2, 0.25) is 5.91 Å². The van der Waals surface area contributed by atoms with Crippen LogP contribution >= 0.6 is 11.8 Å². The highest BCUT2D eigenvalue weighted by Crippen LogP contribution is 2.16. The van der Waals surface area contributed by atoms with Crippen molar-refractivity contribution in [2.24, 2.45) is 17.4 Å². The van der Waals surface area contributed by atoms with Crippen LogP contribution in [0.2, 0.25) is 0 Å². The summed E-state index contributed by atoms with van der Waals surface area (Å²) in [5.41, 5.74) is 11.0. The number of nitrogens with zero attached hydrogens (tertiary/aromatic N) is 1. The third-order valence-corrected chi connectivity index (χ3v) is 4.03. The Hall–Kier alpha value is -0.590. The molecule has 1 atom stereocenters. The van der Waals surface area contributed by atoms with Crippen molar-refractivity contribution >= 4 is 23.5 Å². The minimum Gasteiger partial charge on any atom is -0.342 e. The lowest BCUT2D eigenvalue weighted by molar-refractivity contribution is -0.137. The van der Waals surface area contributed by atoms with Crippen molar-refractivity contribution in [1.82, 2.24) is 4.90 Å². The molecule has 0 bridgehead atoms. The van der Waals surface area contributed by atoms with E-state index in [4.69, 9.17) is 11.5 Å². The Morgan fingerprint density at radius 3 is 2.10 bits per heavy atom. The van der Waals surface area contributed by atoms with Crippen LogP contribution in [0.25, 0.3) is 0 Å². The van der Waals surface area contributed by atoms with Gasteiger partial charge in [-0.25, -0.2) is 0 Å². The molecule has 5 nitrogen and oxygen atoms in total. The average molecular weight is 303 g/mol. The van der Waals surface area contributed by atoms with Crippen molar-refractivity contribution in [3.05, 3.63) is 0 Å². The molecule has 20 heavy (non-hydrogen) atoms. The fourth-order valence-electron chi connectivity index (χ4n) is 1.98. The summed E-state index contributed by atoms with van der Waals surface area (Å²) in [6.45, 7) is 6.03. The summed E-state index contributed by atoms with van der Waals surface area (Å²) >= 11 is 1.70. The minimum absolute atomic E-state index is 0.0673. The molecule has 0 saturated heterocycles. The zero-order valence-electron chi connectivity index (χ0n) is 12.8. The van der Waals surface area contributed by atoms with Gasteiger partial charge in [-0.1, -0.05) is 6.92 Å². The van der Waals surface area contributed by atoms with Gasteiger partial charge in [0.25, 0.3) is 0 Å². The van der Waals surface area contributed by atoms with Gasteiger partial charge in [-0.05, 0) is 38.6 Å². The minimum atomic E-state index is -0.215. The number of carbonyl (C=O) groups is 2. The SMILES string of the molecule is CCSC[C@H](CC(C)=O)C(=O)N(CCCN)CCCN. The zero-order valence-corrected chi connectivity index (χ0v) is 13.6. The first-order chi connectivity index (χ1) is 9.56. The van der Waals surface area contributed by atoms with Crippen molar-refractivity contribution in [3.8, 4) is 0 Å². The number of nitrogens with two attached hydrogens (primary N) is 2. The first kappa shape index (κ1) is 19.4. The number of Topliss-reactive ketones (excluding diaryl/α,β-unsaturated/α-hetero) is 1. The number of hydrogen-bond acceptors (Lipinski definition) is 5. The van der Waals surface area contributed by atoms with E-state index in [0.29, 0.717) is 38.4 Å². The van der Waals surface area contributed by atoms with Crippen molar-refractivity contribution in [2.45, 2.75) is 33.1 Å². The second kappa shape index (κ2) is 12.2. The van der Waals surface area contributed by atoms with Crippen LogP contribution in [0.4, 0.5) is 0 Å². The summed E-state index contributed by atoms with van der Waals surface area (Å²) in [7, 11) is 0. The molecule has 0 aliphatic rings. The van der Waals surface area contributed by atoms with Gasteiger partial charge in [-0.2, -0.15) is 11.8 Å². The molecule has 0 aromatic heterocycles. The third-order valence-electron chi connectivity index (χ3n) is 2.98. The molecule has 0 rings (SSSR count). The Labute approximate surface area is 126 Å². The van der Waals surface area contributed by atoms with E-state index in [1.807, 2.05) is 4.90 Å². The molecule has 0 aliphatic heterocycles. The highest BCUT2D eigenvalue weighted by atomic mass is 32.2. The van der Waals surface area contributed by atoms with Crippen LogP contribution in [0, 0.1) is 5.92 Å². The Balaban J connectivity index is 4.67. The molecule has 4 N–H and O–H groups in total. The van der Waals surface area contributed by atoms with Crippen LogP contribution < -0.4 is 11.5 Å². The Morgan fingerprint density at radius 1 is 1.15 bits per heavy atom. The molecule has 0 aromatic rings. The van der Waals surface area contributed by atoms with Gasteiger partial charge < -0.3 is 21.2 Å². The van der Waals surface area contributed by atoms with Crippen LogP contribution in [0.15, 0.2) is 0 Å². The summed E-state index contributed by atoms with van der Waals surface area (Å²) in [6, 6.07) is 0. The van der Waals surface area contributed by atoms with Gasteiger partial charge in [0.1, 0.15) is 5.78 Å². The summed E-state index contributed by atoms with van der Waals surface area (Å²) < 4.78 is 0. The average Bonchev–Trinajstić information content (AvgIpc) is 2.42. The second-order valence-electron chi connectivity index (χ2n) is 4.87. The van der Waals surface area contributed by atoms with E-state index >= 15 is 0 Å². The van der Waals surface area contributed by atoms with Crippen LogP contribution in [0.1, 0.15) is 33.1 Å². The van der Waals surface area contributed by atoms with E-state index in [2.05, 4.69) is 6.92 Å². The predicted molar refractivity (Wildman–Crippen MR) is 85.7 cm³/mol. The molecule has 0 fully saturated rings. The predicted octanol–water partition coefficient (Wildman–Crippen LogP) is 0.861. The zero-order chi connectivity index (χ0) is 15.4. The molecule has 0 unspecified atom stereocenters. The lowest BCUT2D eigenvalue weighted by Crippen LogP contribution is -2.40. The molecular weight excluding hydrogens is 274 g/mol. The normalized spacial score (nSPS) is 12.2. The van der Waals surface area contributed by atoms with E-state index < -0.39 is 0 Å². The van der Waals surface area contributed by atoms with E-state index in [9.17, 15) is 9.59 Å². The molecule has 0 heterocycles. The molecule has 0 aliphatic carbocycles. The smallest absolute Gasteiger partial charge is 0.226 e. The molecule has 0 saturated carbocycles. The molecule has 1 amide bonds. The third kappa shape index (κ3) is 8.55. The second-order valence-corrected chi connectivity index (χ2v) is 6.19. The maximum atomic E-state index is 12.6. The monoisotopic (exact) mass is 303 g/mol. The van der Waals surface area contributed by atoms with Crippen molar-refractivity contribution < 1.29 is 9.59 Å². The van der Waals surface area contributed by atoms with Gasteiger partial charge in [-0.3, -0.25) is 4.79 Å². The van der Waals surface area contributed by atoms with E-state index in [1.165, 1.54) is 0 Å². The number of carbonyl (C=O) groups excluding carboxylic acids is 2. The number of rotatable bonds is 12. The Morgan fingerprint density at radius 2 is 1.70 bits per heavy atom. The van der Waals surface area contributed by atoms with Crippen LogP contribution in [-0.2, 0) is 9.59 Å². The molecule has 118 valence electrons. The van der Waals surface area contributed by atoms with Gasteiger partial charge in [0.15, 0.2) is 0 Å². The van der Waals surface area contributed by atoms with Gasteiger partial charge in [-0.15, -0.1) is 0 Å². The fraction of sp³-hybridized carbons (Fsp3) is 0.857. The molecular formula is C14H29N3O2S. The van der Waals surface area contributed by atoms with E-state index in [0.717, 1.165) is 18.6 Å². The lowest BCUT2D eigenvalue weighted by atomic mass is 10.0. The van der Waals surface area contributed by atoms with E-state index in [-0.39, 0.29) is 17.6 Å². The van der Waals surface area contributed by atoms with Crippen molar-refractivity contribution in [2.75, 3.05) is 37.7 Å². The summed E-state index contributed by atoms with van der Waals surface area (Å²) in [4.78, 5) is 25.8. The van der Waals surface area contributed by atoms with Gasteiger partial charge in [0.05, 0.1) is 5.92 Å². The topological polar surface area (TPSA) is 89.4 Å². The molecule has 0 radical (unpaired) electrons. The van der Waals surface area contributed by atoms with Gasteiger partial charge in [0, 0.05) is 25.3 Å². The summed E-state index contributed by atoms with van der Waals surface area (Å²) in [6.07, 6.45) is 1.89. The molecule has 0 aromatic carbocycles. The van der Waals surface area contributed by atoms with E-state index in [1.54, 1.807) is 18.7 Å².